The third kappa shape index (κ3) is 6.39. The van der Waals surface area contributed by atoms with Crippen molar-refractivity contribution in [2.45, 2.75) is 83.8 Å². The molecule has 106 valence electrons. The summed E-state index contributed by atoms with van der Waals surface area (Å²) in [5.74, 6) is -0.264. The quantitative estimate of drug-likeness (QED) is 0.731. The lowest BCUT2D eigenvalue weighted by atomic mass is 9.96. The molecule has 1 aliphatic heterocycles. The highest BCUT2D eigenvalue weighted by atomic mass is 16.6. The molecule has 2 fully saturated rings. The molecule has 0 aromatic heterocycles. The van der Waals surface area contributed by atoms with Crippen molar-refractivity contribution in [3.8, 4) is 0 Å². The fourth-order valence-corrected chi connectivity index (χ4v) is 2.57. The van der Waals surface area contributed by atoms with Crippen LogP contribution in [0.4, 0.5) is 0 Å². The summed E-state index contributed by atoms with van der Waals surface area (Å²) in [7, 11) is 0. The normalized spacial score (nSPS) is 26.6. The molecule has 2 aliphatic rings. The standard InChI is InChI=1S/C9H18O2.C6H10O/c1-3-5-6-8(4-2)7-9(10)11;1-2-4-6-5(3-1)7-6/h8H,3-7H2,1-2H3,(H,10,11);5-6H,1-4H2. The predicted octanol–water partition coefficient (Wildman–Crippen LogP) is 4.01. The van der Waals surface area contributed by atoms with Crippen LogP contribution in [0, 0.1) is 5.92 Å². The van der Waals surface area contributed by atoms with E-state index in [2.05, 4.69) is 13.8 Å². The largest absolute Gasteiger partial charge is 0.481 e. The molecule has 0 radical (unpaired) electrons. The van der Waals surface area contributed by atoms with Gasteiger partial charge in [0.1, 0.15) is 0 Å². The molecule has 1 aliphatic carbocycles. The van der Waals surface area contributed by atoms with Crippen LogP contribution in [-0.2, 0) is 9.53 Å². The first kappa shape index (κ1) is 15.5. The van der Waals surface area contributed by atoms with Crippen molar-refractivity contribution in [1.82, 2.24) is 0 Å². The first-order chi connectivity index (χ1) is 8.67. The van der Waals surface area contributed by atoms with Crippen LogP contribution in [-0.4, -0.2) is 23.3 Å². The highest BCUT2D eigenvalue weighted by Crippen LogP contribution is 2.35. The van der Waals surface area contributed by atoms with Crippen molar-refractivity contribution in [2.24, 2.45) is 5.92 Å². The fourth-order valence-electron chi connectivity index (χ4n) is 2.57. The fraction of sp³-hybridized carbons (Fsp3) is 0.933. The van der Waals surface area contributed by atoms with Crippen molar-refractivity contribution >= 4 is 5.97 Å². The number of carbonyl (C=O) groups is 1. The second-order valence-electron chi connectivity index (χ2n) is 5.51. The van der Waals surface area contributed by atoms with Crippen LogP contribution in [0.25, 0.3) is 0 Å². The van der Waals surface area contributed by atoms with Gasteiger partial charge in [-0.1, -0.05) is 46.0 Å². The van der Waals surface area contributed by atoms with Gasteiger partial charge in [0.15, 0.2) is 0 Å². The number of aliphatic carboxylic acids is 1. The molecule has 0 aromatic rings. The van der Waals surface area contributed by atoms with Gasteiger partial charge in [0.05, 0.1) is 12.2 Å². The zero-order valence-corrected chi connectivity index (χ0v) is 11.9. The molecule has 0 bridgehead atoms. The van der Waals surface area contributed by atoms with E-state index in [4.69, 9.17) is 9.84 Å². The zero-order valence-electron chi connectivity index (χ0n) is 11.9. The van der Waals surface area contributed by atoms with E-state index in [1.54, 1.807) is 0 Å². The van der Waals surface area contributed by atoms with Gasteiger partial charge in [0.25, 0.3) is 0 Å². The zero-order chi connectivity index (χ0) is 13.4. The lowest BCUT2D eigenvalue weighted by Crippen LogP contribution is -2.06. The van der Waals surface area contributed by atoms with Crippen LogP contribution in [0.1, 0.15) is 71.6 Å². The monoisotopic (exact) mass is 256 g/mol. The van der Waals surface area contributed by atoms with E-state index >= 15 is 0 Å². The second kappa shape index (κ2) is 8.52. The molecular formula is C15H28O3. The van der Waals surface area contributed by atoms with Crippen LogP contribution >= 0.6 is 0 Å². The molecule has 0 spiro atoms. The van der Waals surface area contributed by atoms with E-state index in [1.165, 1.54) is 25.7 Å². The average Bonchev–Trinajstić information content (AvgIpc) is 3.14. The Kier molecular flexibility index (Phi) is 7.33. The number of fused-ring (bicyclic) bond motifs is 1. The van der Waals surface area contributed by atoms with E-state index in [0.717, 1.165) is 25.7 Å². The highest BCUT2D eigenvalue weighted by molar-refractivity contribution is 5.66. The molecule has 0 aromatic carbocycles. The maximum Gasteiger partial charge on any atom is 0.303 e. The topological polar surface area (TPSA) is 49.8 Å². The van der Waals surface area contributed by atoms with Gasteiger partial charge in [-0.2, -0.15) is 0 Å². The summed E-state index contributed by atoms with van der Waals surface area (Å²) in [4.78, 5) is 10.3. The molecule has 0 amide bonds. The molecular weight excluding hydrogens is 228 g/mol. The van der Waals surface area contributed by atoms with E-state index in [9.17, 15) is 4.79 Å². The molecule has 1 saturated heterocycles. The molecule has 18 heavy (non-hydrogen) atoms. The van der Waals surface area contributed by atoms with Crippen LogP contribution < -0.4 is 0 Å². The predicted molar refractivity (Wildman–Crippen MR) is 72.7 cm³/mol. The molecule has 3 heteroatoms. The van der Waals surface area contributed by atoms with Gasteiger partial charge in [-0.3, -0.25) is 4.79 Å². The summed E-state index contributed by atoms with van der Waals surface area (Å²) in [5, 5.41) is 8.51. The SMILES string of the molecule is C1CCC2OC2C1.CCCCC(CC)CC(=O)O. The number of hydrogen-bond acceptors (Lipinski definition) is 2. The third-order valence-electron chi connectivity index (χ3n) is 3.92. The Bertz CT molecular complexity index is 230. The molecule has 1 heterocycles. The van der Waals surface area contributed by atoms with Crippen LogP contribution in [0.2, 0.25) is 0 Å². The van der Waals surface area contributed by atoms with Gasteiger partial charge in [0, 0.05) is 6.42 Å². The molecule has 1 N–H and O–H groups in total. The van der Waals surface area contributed by atoms with E-state index in [1.807, 2.05) is 0 Å². The maximum absolute atomic E-state index is 10.3. The number of ether oxygens (including phenoxy) is 1. The van der Waals surface area contributed by atoms with Crippen molar-refractivity contribution in [3.63, 3.8) is 0 Å². The molecule has 3 nitrogen and oxygen atoms in total. The lowest BCUT2D eigenvalue weighted by molar-refractivity contribution is -0.138. The number of epoxide rings is 1. The van der Waals surface area contributed by atoms with Crippen molar-refractivity contribution in [1.29, 1.82) is 0 Å². The molecule has 2 rings (SSSR count). The Balaban J connectivity index is 0.000000194. The summed E-state index contributed by atoms with van der Waals surface area (Å²) in [5.41, 5.74) is 0. The molecule has 1 saturated carbocycles. The van der Waals surface area contributed by atoms with Crippen molar-refractivity contribution < 1.29 is 14.6 Å². The first-order valence-corrected chi connectivity index (χ1v) is 7.54. The summed E-state index contributed by atoms with van der Waals surface area (Å²) >= 11 is 0. The highest BCUT2D eigenvalue weighted by Gasteiger charge is 2.39. The minimum Gasteiger partial charge on any atom is -0.481 e. The van der Waals surface area contributed by atoms with Crippen molar-refractivity contribution in [2.75, 3.05) is 0 Å². The van der Waals surface area contributed by atoms with Gasteiger partial charge in [0.2, 0.25) is 0 Å². The minimum atomic E-state index is -0.659. The maximum atomic E-state index is 10.3. The number of unbranched alkanes of at least 4 members (excludes halogenated alkanes) is 1. The number of carboxylic acid groups (broad SMARTS) is 1. The van der Waals surface area contributed by atoms with Crippen LogP contribution in [0.15, 0.2) is 0 Å². The van der Waals surface area contributed by atoms with Gasteiger partial charge in [-0.15, -0.1) is 0 Å². The van der Waals surface area contributed by atoms with E-state index in [0.29, 0.717) is 24.5 Å². The van der Waals surface area contributed by atoms with E-state index < -0.39 is 5.97 Å². The summed E-state index contributed by atoms with van der Waals surface area (Å²) < 4.78 is 5.28. The van der Waals surface area contributed by atoms with Gasteiger partial charge in [-0.05, 0) is 25.2 Å². The Labute approximate surface area is 111 Å². The summed E-state index contributed by atoms with van der Waals surface area (Å²) in [6.45, 7) is 4.19. The molecule has 3 atom stereocenters. The third-order valence-corrected chi connectivity index (χ3v) is 3.92. The first-order valence-electron chi connectivity index (χ1n) is 7.54. The van der Waals surface area contributed by atoms with Gasteiger partial charge < -0.3 is 9.84 Å². The Morgan fingerprint density at radius 2 is 1.89 bits per heavy atom. The van der Waals surface area contributed by atoms with Gasteiger partial charge >= 0.3 is 5.97 Å². The second-order valence-corrected chi connectivity index (χ2v) is 5.51. The molecule has 3 unspecified atom stereocenters. The summed E-state index contributed by atoms with van der Waals surface area (Å²) in [6, 6.07) is 0. The van der Waals surface area contributed by atoms with Crippen LogP contribution in [0.3, 0.4) is 0 Å². The smallest absolute Gasteiger partial charge is 0.303 e. The number of hydrogen-bond donors (Lipinski definition) is 1. The minimum absolute atomic E-state index is 0.344. The lowest BCUT2D eigenvalue weighted by Gasteiger charge is -2.10. The Morgan fingerprint density at radius 1 is 1.28 bits per heavy atom. The van der Waals surface area contributed by atoms with E-state index in [-0.39, 0.29) is 0 Å². The Hall–Kier alpha value is -0.570. The summed E-state index contributed by atoms with van der Waals surface area (Å²) in [6.07, 6.45) is 11.6. The van der Waals surface area contributed by atoms with Gasteiger partial charge in [-0.25, -0.2) is 0 Å². The average molecular weight is 256 g/mol. The van der Waals surface area contributed by atoms with Crippen molar-refractivity contribution in [3.05, 3.63) is 0 Å². The number of carboxylic acids is 1. The van der Waals surface area contributed by atoms with Crippen LogP contribution in [0.5, 0.6) is 0 Å². The Morgan fingerprint density at radius 3 is 2.28 bits per heavy atom. The number of rotatable bonds is 6.